The fourth-order valence-electron chi connectivity index (χ4n) is 2.83. The van der Waals surface area contributed by atoms with Gasteiger partial charge >= 0.3 is 0 Å². The van der Waals surface area contributed by atoms with Crippen molar-refractivity contribution in [3.05, 3.63) is 29.3 Å². The Kier molecular flexibility index (Phi) is 5.83. The van der Waals surface area contributed by atoms with E-state index >= 15 is 0 Å². The Balaban J connectivity index is 1.96. The van der Waals surface area contributed by atoms with E-state index in [0.29, 0.717) is 12.5 Å². The Hall–Kier alpha value is -1.10. The summed E-state index contributed by atoms with van der Waals surface area (Å²) < 4.78 is 11.0. The zero-order valence-electron chi connectivity index (χ0n) is 12.6. The number of benzene rings is 1. The molecule has 1 aromatic rings. The van der Waals surface area contributed by atoms with E-state index in [4.69, 9.17) is 15.2 Å². The van der Waals surface area contributed by atoms with Gasteiger partial charge in [-0.15, -0.1) is 0 Å². The second kappa shape index (κ2) is 7.62. The van der Waals surface area contributed by atoms with Crippen molar-refractivity contribution in [3.63, 3.8) is 0 Å². The van der Waals surface area contributed by atoms with Crippen LogP contribution in [-0.2, 0) is 17.8 Å². The number of hydrogen-bond donors (Lipinski definition) is 1. The van der Waals surface area contributed by atoms with Gasteiger partial charge in [0.15, 0.2) is 0 Å². The molecule has 2 N–H and O–H groups in total. The quantitative estimate of drug-likeness (QED) is 0.865. The lowest BCUT2D eigenvalue weighted by molar-refractivity contribution is 0.0411. The maximum atomic E-state index is 5.72. The Morgan fingerprint density at radius 3 is 2.95 bits per heavy atom. The fourth-order valence-corrected chi connectivity index (χ4v) is 2.83. The molecule has 4 heteroatoms. The molecular formula is C16H26N2O2. The van der Waals surface area contributed by atoms with Crippen LogP contribution < -0.4 is 10.5 Å². The van der Waals surface area contributed by atoms with Crippen molar-refractivity contribution < 1.29 is 9.47 Å². The minimum absolute atomic E-state index is 0.567. The summed E-state index contributed by atoms with van der Waals surface area (Å²) in [6, 6.07) is 6.18. The van der Waals surface area contributed by atoms with Crippen molar-refractivity contribution in [1.82, 2.24) is 4.90 Å². The summed E-state index contributed by atoms with van der Waals surface area (Å²) in [7, 11) is 3.87. The van der Waals surface area contributed by atoms with Gasteiger partial charge in [-0.2, -0.15) is 0 Å². The molecule has 0 spiro atoms. The van der Waals surface area contributed by atoms with Crippen LogP contribution in [-0.4, -0.2) is 38.8 Å². The molecule has 2 rings (SSSR count). The van der Waals surface area contributed by atoms with Crippen molar-refractivity contribution in [1.29, 1.82) is 0 Å². The highest BCUT2D eigenvalue weighted by atomic mass is 16.5. The van der Waals surface area contributed by atoms with Gasteiger partial charge in [0.25, 0.3) is 0 Å². The van der Waals surface area contributed by atoms with Crippen molar-refractivity contribution >= 4 is 0 Å². The minimum Gasteiger partial charge on any atom is -0.496 e. The first-order chi connectivity index (χ1) is 9.72. The number of hydrogen-bond acceptors (Lipinski definition) is 4. The van der Waals surface area contributed by atoms with Crippen LogP contribution in [0.25, 0.3) is 0 Å². The zero-order chi connectivity index (χ0) is 14.4. The molecule has 1 unspecified atom stereocenters. The smallest absolute Gasteiger partial charge is 0.123 e. The van der Waals surface area contributed by atoms with E-state index in [1.807, 2.05) is 12.1 Å². The molecule has 0 saturated carbocycles. The van der Waals surface area contributed by atoms with Gasteiger partial charge in [-0.1, -0.05) is 6.07 Å². The molecule has 4 nitrogen and oxygen atoms in total. The molecule has 1 fully saturated rings. The van der Waals surface area contributed by atoms with Crippen molar-refractivity contribution in [3.8, 4) is 5.75 Å². The van der Waals surface area contributed by atoms with Crippen LogP contribution >= 0.6 is 0 Å². The highest BCUT2D eigenvalue weighted by molar-refractivity contribution is 5.37. The number of nitrogens with zero attached hydrogens (tertiary/aromatic N) is 1. The standard InChI is InChI=1S/C16H26N2O2/c1-18(10-14-4-3-7-20-12-14)11-15-8-13(9-17)5-6-16(15)19-2/h5-6,8,14H,3-4,7,9-12,17H2,1-2H3. The summed E-state index contributed by atoms with van der Waals surface area (Å²) in [4.78, 5) is 2.34. The minimum atomic E-state index is 0.567. The molecule has 0 amide bonds. The Morgan fingerprint density at radius 1 is 1.45 bits per heavy atom. The summed E-state index contributed by atoms with van der Waals surface area (Å²) >= 11 is 0. The summed E-state index contributed by atoms with van der Waals surface area (Å²) in [6.45, 7) is 4.33. The third-order valence-corrected chi connectivity index (χ3v) is 3.85. The van der Waals surface area contributed by atoms with E-state index < -0.39 is 0 Å². The van der Waals surface area contributed by atoms with Gasteiger partial charge in [0.1, 0.15) is 5.75 Å². The lowest BCUT2D eigenvalue weighted by Gasteiger charge is -2.27. The highest BCUT2D eigenvalue weighted by Gasteiger charge is 2.16. The van der Waals surface area contributed by atoms with Gasteiger partial charge in [-0.05, 0) is 43.5 Å². The second-order valence-corrected chi connectivity index (χ2v) is 5.63. The lowest BCUT2D eigenvalue weighted by Crippen LogP contribution is -2.30. The predicted octanol–water partition coefficient (Wildman–Crippen LogP) is 2.01. The van der Waals surface area contributed by atoms with Crippen LogP contribution in [0.15, 0.2) is 18.2 Å². The SMILES string of the molecule is COc1ccc(CN)cc1CN(C)CC1CCCOC1. The zero-order valence-corrected chi connectivity index (χ0v) is 12.6. The molecule has 0 aromatic heterocycles. The molecule has 20 heavy (non-hydrogen) atoms. The van der Waals surface area contributed by atoms with Crippen LogP contribution in [0.3, 0.4) is 0 Å². The Labute approximate surface area is 121 Å². The fraction of sp³-hybridized carbons (Fsp3) is 0.625. The Morgan fingerprint density at radius 2 is 2.30 bits per heavy atom. The van der Waals surface area contributed by atoms with Crippen LogP contribution in [0.1, 0.15) is 24.0 Å². The molecule has 112 valence electrons. The van der Waals surface area contributed by atoms with Crippen LogP contribution in [0, 0.1) is 5.92 Å². The maximum absolute atomic E-state index is 5.72. The normalized spacial score (nSPS) is 19.3. The summed E-state index contributed by atoms with van der Waals surface area (Å²) in [5, 5.41) is 0. The molecular weight excluding hydrogens is 252 g/mol. The topological polar surface area (TPSA) is 47.7 Å². The van der Waals surface area contributed by atoms with Crippen molar-refractivity contribution in [2.75, 3.05) is 33.9 Å². The molecule has 1 saturated heterocycles. The Bertz CT molecular complexity index is 417. The van der Waals surface area contributed by atoms with Crippen LogP contribution in [0.4, 0.5) is 0 Å². The molecule has 0 radical (unpaired) electrons. The van der Waals surface area contributed by atoms with E-state index in [-0.39, 0.29) is 0 Å². The highest BCUT2D eigenvalue weighted by Crippen LogP contribution is 2.22. The molecule has 1 heterocycles. The molecule has 1 aromatic carbocycles. The predicted molar refractivity (Wildman–Crippen MR) is 80.8 cm³/mol. The van der Waals surface area contributed by atoms with E-state index in [0.717, 1.165) is 37.6 Å². The largest absolute Gasteiger partial charge is 0.496 e. The van der Waals surface area contributed by atoms with Gasteiger partial charge in [-0.3, -0.25) is 0 Å². The first-order valence-electron chi connectivity index (χ1n) is 7.35. The summed E-state index contributed by atoms with van der Waals surface area (Å²) in [5.41, 5.74) is 8.07. The lowest BCUT2D eigenvalue weighted by atomic mass is 10.0. The van der Waals surface area contributed by atoms with Gasteiger partial charge in [0.05, 0.1) is 13.7 Å². The second-order valence-electron chi connectivity index (χ2n) is 5.63. The van der Waals surface area contributed by atoms with E-state index in [2.05, 4.69) is 18.0 Å². The number of methoxy groups -OCH3 is 1. The monoisotopic (exact) mass is 278 g/mol. The first kappa shape index (κ1) is 15.3. The van der Waals surface area contributed by atoms with Gasteiger partial charge in [0.2, 0.25) is 0 Å². The van der Waals surface area contributed by atoms with E-state index in [1.165, 1.54) is 18.4 Å². The molecule has 0 aliphatic carbocycles. The first-order valence-corrected chi connectivity index (χ1v) is 7.35. The number of ether oxygens (including phenoxy) is 2. The molecule has 1 atom stereocenters. The van der Waals surface area contributed by atoms with Crippen LogP contribution in [0.2, 0.25) is 0 Å². The third kappa shape index (κ3) is 4.20. The summed E-state index contributed by atoms with van der Waals surface area (Å²) in [6.07, 6.45) is 2.45. The van der Waals surface area contributed by atoms with E-state index in [9.17, 15) is 0 Å². The third-order valence-electron chi connectivity index (χ3n) is 3.85. The van der Waals surface area contributed by atoms with Gasteiger partial charge < -0.3 is 20.1 Å². The molecule has 1 aliphatic heterocycles. The van der Waals surface area contributed by atoms with Crippen LogP contribution in [0.5, 0.6) is 5.75 Å². The number of rotatable bonds is 6. The molecule has 0 bridgehead atoms. The van der Waals surface area contributed by atoms with Crippen molar-refractivity contribution in [2.24, 2.45) is 11.7 Å². The summed E-state index contributed by atoms with van der Waals surface area (Å²) in [5.74, 6) is 1.59. The van der Waals surface area contributed by atoms with Gasteiger partial charge in [-0.25, -0.2) is 0 Å². The number of nitrogens with two attached hydrogens (primary N) is 1. The maximum Gasteiger partial charge on any atom is 0.123 e. The molecule has 1 aliphatic rings. The van der Waals surface area contributed by atoms with Crippen molar-refractivity contribution in [2.45, 2.75) is 25.9 Å². The van der Waals surface area contributed by atoms with E-state index in [1.54, 1.807) is 7.11 Å². The average Bonchev–Trinajstić information content (AvgIpc) is 2.48. The average molecular weight is 278 g/mol. The van der Waals surface area contributed by atoms with Gasteiger partial charge in [0, 0.05) is 31.8 Å².